The van der Waals surface area contributed by atoms with Crippen molar-refractivity contribution >= 4 is 11.8 Å². The number of nitrogens with zero attached hydrogens (tertiary/aromatic N) is 1. The normalized spacial score (nSPS) is 12.1. The lowest BCUT2D eigenvalue weighted by Crippen LogP contribution is -2.30. The monoisotopic (exact) mass is 378 g/mol. The number of rotatable bonds is 6. The molecule has 0 saturated heterocycles. The van der Waals surface area contributed by atoms with Crippen LogP contribution in [0, 0.1) is 13.8 Å². The Morgan fingerprint density at radius 3 is 2.36 bits per heavy atom. The van der Waals surface area contributed by atoms with Crippen LogP contribution in [0.4, 0.5) is 5.88 Å². The van der Waals surface area contributed by atoms with Gasteiger partial charge in [0, 0.05) is 11.6 Å². The Kier molecular flexibility index (Phi) is 5.83. The lowest BCUT2D eigenvalue weighted by atomic mass is 10.0. The minimum atomic E-state index is -0.674. The van der Waals surface area contributed by atoms with E-state index in [9.17, 15) is 4.79 Å². The molecule has 5 heteroatoms. The van der Waals surface area contributed by atoms with Crippen molar-refractivity contribution in [1.29, 1.82) is 0 Å². The molecule has 0 bridgehead atoms. The first kappa shape index (κ1) is 19.7. The summed E-state index contributed by atoms with van der Waals surface area (Å²) in [6.07, 6.45) is -0.674. The van der Waals surface area contributed by atoms with Gasteiger partial charge in [0.1, 0.15) is 11.4 Å². The van der Waals surface area contributed by atoms with E-state index in [2.05, 4.69) is 24.3 Å². The molecule has 1 atom stereocenters. The van der Waals surface area contributed by atoms with E-state index in [1.165, 1.54) is 5.56 Å². The maximum absolute atomic E-state index is 12.5. The average Bonchev–Trinajstić information content (AvgIpc) is 3.10. The summed E-state index contributed by atoms with van der Waals surface area (Å²) < 4.78 is 11.2. The van der Waals surface area contributed by atoms with Crippen LogP contribution in [0.3, 0.4) is 0 Å². The van der Waals surface area contributed by atoms with Crippen LogP contribution in [0.2, 0.25) is 0 Å². The third-order valence-corrected chi connectivity index (χ3v) is 4.57. The summed E-state index contributed by atoms with van der Waals surface area (Å²) >= 11 is 0. The Labute approximate surface area is 165 Å². The predicted molar refractivity (Wildman–Crippen MR) is 111 cm³/mol. The molecule has 3 aromatic rings. The summed E-state index contributed by atoms with van der Waals surface area (Å²) in [7, 11) is 0. The summed E-state index contributed by atoms with van der Waals surface area (Å²) in [5.41, 5.74) is 4.94. The number of carbonyl (C=O) groups excluding carboxylic acids is 1. The maximum Gasteiger partial charge on any atom is 0.267 e. The fraction of sp³-hybridized carbons (Fsp3) is 0.304. The van der Waals surface area contributed by atoms with Gasteiger partial charge in [-0.25, -0.2) is 0 Å². The lowest BCUT2D eigenvalue weighted by molar-refractivity contribution is -0.122. The first-order valence-electron chi connectivity index (χ1n) is 9.45. The average molecular weight is 378 g/mol. The van der Waals surface area contributed by atoms with Crippen molar-refractivity contribution in [3.63, 3.8) is 0 Å². The van der Waals surface area contributed by atoms with Gasteiger partial charge in [-0.15, -0.1) is 0 Å². The minimum Gasteiger partial charge on any atom is -0.481 e. The molecule has 1 amide bonds. The Morgan fingerprint density at radius 2 is 1.68 bits per heavy atom. The van der Waals surface area contributed by atoms with Crippen molar-refractivity contribution in [3.8, 4) is 17.0 Å². The van der Waals surface area contributed by atoms with E-state index in [4.69, 9.17) is 9.26 Å². The van der Waals surface area contributed by atoms with E-state index in [-0.39, 0.29) is 5.91 Å². The number of anilines is 1. The summed E-state index contributed by atoms with van der Waals surface area (Å²) in [5, 5.41) is 6.76. The van der Waals surface area contributed by atoms with E-state index in [0.29, 0.717) is 17.5 Å². The number of hydrogen-bond acceptors (Lipinski definition) is 4. The molecule has 0 saturated carbocycles. The molecule has 146 valence electrons. The molecular weight excluding hydrogens is 352 g/mol. The molecule has 0 spiro atoms. The summed E-state index contributed by atoms with van der Waals surface area (Å²) in [6.45, 7) is 9.95. The van der Waals surface area contributed by atoms with Crippen LogP contribution in [0.15, 0.2) is 53.1 Å². The van der Waals surface area contributed by atoms with Gasteiger partial charge < -0.3 is 9.26 Å². The number of ether oxygens (including phenoxy) is 1. The van der Waals surface area contributed by atoms with Crippen LogP contribution in [-0.2, 0) is 4.79 Å². The standard InChI is InChI=1S/C23H26N2O3/c1-14(2)19-11-8-16(4)12-21(19)27-17(5)23(26)24-22-13-20(25-28-22)18-9-6-15(3)7-10-18/h6-14,17H,1-5H3,(H,24,26). The van der Waals surface area contributed by atoms with Gasteiger partial charge in [0.2, 0.25) is 5.88 Å². The third-order valence-electron chi connectivity index (χ3n) is 4.57. The molecular formula is C23H26N2O3. The van der Waals surface area contributed by atoms with Gasteiger partial charge in [-0.05, 0) is 43.9 Å². The fourth-order valence-electron chi connectivity index (χ4n) is 2.88. The van der Waals surface area contributed by atoms with Gasteiger partial charge in [-0.3, -0.25) is 10.1 Å². The number of amides is 1. The minimum absolute atomic E-state index is 0.289. The third kappa shape index (κ3) is 4.60. The quantitative estimate of drug-likeness (QED) is 0.616. The molecule has 1 unspecified atom stereocenters. The zero-order chi connectivity index (χ0) is 20.3. The second kappa shape index (κ2) is 8.30. The Morgan fingerprint density at radius 1 is 1.00 bits per heavy atom. The molecule has 2 aromatic carbocycles. The number of hydrogen-bond donors (Lipinski definition) is 1. The molecule has 0 radical (unpaired) electrons. The number of benzene rings is 2. The van der Waals surface area contributed by atoms with E-state index in [1.807, 2.05) is 56.3 Å². The van der Waals surface area contributed by atoms with Crippen LogP contribution < -0.4 is 10.1 Å². The summed E-state index contributed by atoms with van der Waals surface area (Å²) in [4.78, 5) is 12.5. The molecule has 0 aliphatic heterocycles. The van der Waals surface area contributed by atoms with Gasteiger partial charge in [0.25, 0.3) is 5.91 Å². The zero-order valence-corrected chi connectivity index (χ0v) is 16.9. The molecule has 3 rings (SSSR count). The first-order chi connectivity index (χ1) is 13.3. The van der Waals surface area contributed by atoms with E-state index >= 15 is 0 Å². The highest BCUT2D eigenvalue weighted by Gasteiger charge is 2.19. The molecule has 1 N–H and O–H groups in total. The Hall–Kier alpha value is -3.08. The number of carbonyl (C=O) groups is 1. The van der Waals surface area contributed by atoms with Crippen molar-refractivity contribution in [2.24, 2.45) is 0 Å². The molecule has 5 nitrogen and oxygen atoms in total. The lowest BCUT2D eigenvalue weighted by Gasteiger charge is -2.18. The maximum atomic E-state index is 12.5. The van der Waals surface area contributed by atoms with Gasteiger partial charge in [0.05, 0.1) is 0 Å². The predicted octanol–water partition coefficient (Wildman–Crippen LogP) is 5.49. The van der Waals surface area contributed by atoms with Gasteiger partial charge in [0.15, 0.2) is 6.10 Å². The number of aromatic nitrogens is 1. The number of nitrogens with one attached hydrogen (secondary N) is 1. The molecule has 1 aromatic heterocycles. The van der Waals surface area contributed by atoms with E-state index in [0.717, 1.165) is 22.4 Å². The second-order valence-electron chi connectivity index (χ2n) is 7.39. The van der Waals surface area contributed by atoms with Crippen molar-refractivity contribution in [2.45, 2.75) is 46.6 Å². The molecule has 0 aliphatic carbocycles. The van der Waals surface area contributed by atoms with Crippen molar-refractivity contribution < 1.29 is 14.1 Å². The van der Waals surface area contributed by atoms with Gasteiger partial charge in [-0.2, -0.15) is 0 Å². The number of aryl methyl sites for hydroxylation is 2. The van der Waals surface area contributed by atoms with Crippen molar-refractivity contribution in [2.75, 3.05) is 5.32 Å². The SMILES string of the molecule is Cc1ccc(-c2cc(NC(=O)C(C)Oc3cc(C)ccc3C(C)C)on2)cc1. The first-order valence-corrected chi connectivity index (χ1v) is 9.45. The van der Waals surface area contributed by atoms with Crippen LogP contribution in [0.25, 0.3) is 11.3 Å². The van der Waals surface area contributed by atoms with Gasteiger partial charge in [-0.1, -0.05) is 61.0 Å². The highest BCUT2D eigenvalue weighted by molar-refractivity contribution is 5.93. The van der Waals surface area contributed by atoms with Crippen molar-refractivity contribution in [1.82, 2.24) is 5.16 Å². The second-order valence-corrected chi connectivity index (χ2v) is 7.39. The van der Waals surface area contributed by atoms with Crippen LogP contribution in [-0.4, -0.2) is 17.2 Å². The largest absolute Gasteiger partial charge is 0.481 e. The Bertz CT molecular complexity index is 958. The van der Waals surface area contributed by atoms with Crippen LogP contribution in [0.1, 0.15) is 43.4 Å². The van der Waals surface area contributed by atoms with Crippen LogP contribution >= 0.6 is 0 Å². The fourth-order valence-corrected chi connectivity index (χ4v) is 2.88. The van der Waals surface area contributed by atoms with Crippen LogP contribution in [0.5, 0.6) is 5.75 Å². The molecule has 28 heavy (non-hydrogen) atoms. The molecule has 1 heterocycles. The smallest absolute Gasteiger partial charge is 0.267 e. The summed E-state index contributed by atoms with van der Waals surface area (Å²) in [6, 6.07) is 15.7. The Balaban J connectivity index is 1.68. The van der Waals surface area contributed by atoms with E-state index < -0.39 is 6.10 Å². The highest BCUT2D eigenvalue weighted by atomic mass is 16.5. The highest BCUT2D eigenvalue weighted by Crippen LogP contribution is 2.28. The van der Waals surface area contributed by atoms with Crippen molar-refractivity contribution in [3.05, 3.63) is 65.2 Å². The van der Waals surface area contributed by atoms with E-state index in [1.54, 1.807) is 13.0 Å². The summed E-state index contributed by atoms with van der Waals surface area (Å²) in [5.74, 6) is 1.04. The zero-order valence-electron chi connectivity index (χ0n) is 16.9. The van der Waals surface area contributed by atoms with Gasteiger partial charge >= 0.3 is 0 Å². The molecule has 0 aliphatic rings. The molecule has 0 fully saturated rings. The topological polar surface area (TPSA) is 64.4 Å².